The topological polar surface area (TPSA) is 97.1 Å². The SMILES string of the molecule is CCNc1cc(C(=O)NC(C)CC(N)=O)cc(CC)n1. The lowest BCUT2D eigenvalue weighted by molar-refractivity contribution is -0.118. The first-order chi connectivity index (χ1) is 9.46. The van der Waals surface area contributed by atoms with Crippen LogP contribution in [-0.4, -0.2) is 29.4 Å². The minimum atomic E-state index is -0.435. The molecule has 0 radical (unpaired) electrons. The van der Waals surface area contributed by atoms with Crippen LogP contribution in [0, 0.1) is 0 Å². The maximum Gasteiger partial charge on any atom is 0.251 e. The molecule has 0 aliphatic carbocycles. The lowest BCUT2D eigenvalue weighted by Gasteiger charge is -2.13. The molecule has 2 amide bonds. The van der Waals surface area contributed by atoms with Crippen LogP contribution in [0.5, 0.6) is 0 Å². The van der Waals surface area contributed by atoms with Crippen LogP contribution < -0.4 is 16.4 Å². The van der Waals surface area contributed by atoms with Crippen molar-refractivity contribution in [1.82, 2.24) is 10.3 Å². The van der Waals surface area contributed by atoms with Crippen molar-refractivity contribution in [3.05, 3.63) is 23.4 Å². The number of carbonyl (C=O) groups is 2. The summed E-state index contributed by atoms with van der Waals surface area (Å²) in [6, 6.07) is 3.17. The molecule has 6 nitrogen and oxygen atoms in total. The number of carbonyl (C=O) groups excluding carboxylic acids is 2. The molecule has 20 heavy (non-hydrogen) atoms. The second-order valence-corrected chi connectivity index (χ2v) is 4.66. The van der Waals surface area contributed by atoms with E-state index in [9.17, 15) is 9.59 Å². The predicted octanol–water partition coefficient (Wildman–Crippen LogP) is 1.07. The van der Waals surface area contributed by atoms with E-state index in [-0.39, 0.29) is 18.4 Å². The largest absolute Gasteiger partial charge is 0.370 e. The molecule has 0 aliphatic rings. The second kappa shape index (κ2) is 7.47. The molecule has 1 atom stereocenters. The Bertz CT molecular complexity index is 488. The summed E-state index contributed by atoms with van der Waals surface area (Å²) < 4.78 is 0. The molecule has 0 bridgehead atoms. The molecule has 0 saturated heterocycles. The summed E-state index contributed by atoms with van der Waals surface area (Å²) in [5.41, 5.74) is 6.48. The Morgan fingerprint density at radius 3 is 2.60 bits per heavy atom. The van der Waals surface area contributed by atoms with Gasteiger partial charge in [-0.2, -0.15) is 0 Å². The molecule has 1 aromatic heterocycles. The molecular formula is C14H22N4O2. The highest BCUT2D eigenvalue weighted by molar-refractivity contribution is 5.95. The van der Waals surface area contributed by atoms with Crippen LogP contribution in [0.2, 0.25) is 0 Å². The molecule has 6 heteroatoms. The number of amides is 2. The van der Waals surface area contributed by atoms with E-state index in [0.29, 0.717) is 11.4 Å². The number of nitrogens with zero attached hydrogens (tertiary/aromatic N) is 1. The van der Waals surface area contributed by atoms with E-state index in [2.05, 4.69) is 15.6 Å². The highest BCUT2D eigenvalue weighted by Gasteiger charge is 2.13. The van der Waals surface area contributed by atoms with Gasteiger partial charge in [0.2, 0.25) is 5.91 Å². The second-order valence-electron chi connectivity index (χ2n) is 4.66. The van der Waals surface area contributed by atoms with Crippen LogP contribution >= 0.6 is 0 Å². The Morgan fingerprint density at radius 1 is 1.35 bits per heavy atom. The van der Waals surface area contributed by atoms with Gasteiger partial charge in [0.25, 0.3) is 5.91 Å². The van der Waals surface area contributed by atoms with E-state index in [1.54, 1.807) is 19.1 Å². The molecule has 0 aromatic carbocycles. The third kappa shape index (κ3) is 4.87. The summed E-state index contributed by atoms with van der Waals surface area (Å²) in [5, 5.41) is 5.85. The molecule has 0 fully saturated rings. The standard InChI is InChI=1S/C14H22N4O2/c1-4-11-7-10(8-13(18-11)16-5-2)14(20)17-9(3)6-12(15)19/h7-9H,4-6H2,1-3H3,(H2,15,19)(H,16,18)(H,17,20). The summed E-state index contributed by atoms with van der Waals surface area (Å²) in [7, 11) is 0. The van der Waals surface area contributed by atoms with Crippen LogP contribution in [0.1, 0.15) is 43.2 Å². The molecule has 0 spiro atoms. The maximum absolute atomic E-state index is 12.1. The van der Waals surface area contributed by atoms with E-state index < -0.39 is 5.91 Å². The third-order valence-corrected chi connectivity index (χ3v) is 2.75. The Hall–Kier alpha value is -2.11. The van der Waals surface area contributed by atoms with Crippen molar-refractivity contribution in [2.75, 3.05) is 11.9 Å². The monoisotopic (exact) mass is 278 g/mol. The van der Waals surface area contributed by atoms with E-state index in [1.165, 1.54) is 0 Å². The molecule has 1 unspecified atom stereocenters. The highest BCUT2D eigenvalue weighted by atomic mass is 16.2. The fourth-order valence-electron chi connectivity index (χ4n) is 1.83. The van der Waals surface area contributed by atoms with Crippen molar-refractivity contribution in [3.8, 4) is 0 Å². The highest BCUT2D eigenvalue weighted by Crippen LogP contribution is 2.11. The van der Waals surface area contributed by atoms with Crippen LogP contribution in [0.15, 0.2) is 12.1 Å². The zero-order valence-electron chi connectivity index (χ0n) is 12.2. The van der Waals surface area contributed by atoms with Gasteiger partial charge >= 0.3 is 0 Å². The molecular weight excluding hydrogens is 256 g/mol. The first-order valence-corrected chi connectivity index (χ1v) is 6.80. The fourth-order valence-corrected chi connectivity index (χ4v) is 1.83. The molecule has 4 N–H and O–H groups in total. The van der Waals surface area contributed by atoms with Crippen LogP contribution in [0.3, 0.4) is 0 Å². The van der Waals surface area contributed by atoms with Crippen molar-refractivity contribution in [2.24, 2.45) is 5.73 Å². The van der Waals surface area contributed by atoms with Gasteiger partial charge in [-0.3, -0.25) is 9.59 Å². The Labute approximate surface area is 119 Å². The number of hydrogen-bond donors (Lipinski definition) is 3. The van der Waals surface area contributed by atoms with Gasteiger partial charge in [0.05, 0.1) is 0 Å². The number of hydrogen-bond acceptors (Lipinski definition) is 4. The fraction of sp³-hybridized carbons (Fsp3) is 0.500. The number of rotatable bonds is 7. The lowest BCUT2D eigenvalue weighted by atomic mass is 10.1. The first-order valence-electron chi connectivity index (χ1n) is 6.80. The van der Waals surface area contributed by atoms with Gasteiger partial charge in [-0.05, 0) is 32.4 Å². The first kappa shape index (κ1) is 15.9. The van der Waals surface area contributed by atoms with Gasteiger partial charge in [-0.1, -0.05) is 6.92 Å². The zero-order chi connectivity index (χ0) is 15.1. The molecule has 1 aromatic rings. The number of aromatic nitrogens is 1. The summed E-state index contributed by atoms with van der Waals surface area (Å²) in [6.07, 6.45) is 0.869. The van der Waals surface area contributed by atoms with E-state index in [1.807, 2.05) is 13.8 Å². The number of nitrogens with two attached hydrogens (primary N) is 1. The van der Waals surface area contributed by atoms with Gasteiger partial charge in [0.1, 0.15) is 5.82 Å². The van der Waals surface area contributed by atoms with Crippen molar-refractivity contribution in [2.45, 2.75) is 39.7 Å². The van der Waals surface area contributed by atoms with Gasteiger partial charge < -0.3 is 16.4 Å². The Kier molecular flexibility index (Phi) is 5.96. The zero-order valence-corrected chi connectivity index (χ0v) is 12.2. The maximum atomic E-state index is 12.1. The van der Waals surface area contributed by atoms with E-state index >= 15 is 0 Å². The minimum Gasteiger partial charge on any atom is -0.370 e. The van der Waals surface area contributed by atoms with Gasteiger partial charge in [-0.15, -0.1) is 0 Å². The van der Waals surface area contributed by atoms with Crippen LogP contribution in [-0.2, 0) is 11.2 Å². The predicted molar refractivity (Wildman–Crippen MR) is 78.5 cm³/mol. The van der Waals surface area contributed by atoms with Crippen molar-refractivity contribution < 1.29 is 9.59 Å². The smallest absolute Gasteiger partial charge is 0.251 e. The minimum absolute atomic E-state index is 0.123. The van der Waals surface area contributed by atoms with Crippen molar-refractivity contribution >= 4 is 17.6 Å². The third-order valence-electron chi connectivity index (χ3n) is 2.75. The van der Waals surface area contributed by atoms with Crippen molar-refractivity contribution in [3.63, 3.8) is 0 Å². The van der Waals surface area contributed by atoms with Crippen molar-refractivity contribution in [1.29, 1.82) is 0 Å². The summed E-state index contributed by atoms with van der Waals surface area (Å²) >= 11 is 0. The summed E-state index contributed by atoms with van der Waals surface area (Å²) in [4.78, 5) is 27.3. The molecule has 0 aliphatic heterocycles. The number of primary amides is 1. The molecule has 0 saturated carbocycles. The number of aryl methyl sites for hydroxylation is 1. The normalized spacial score (nSPS) is 11.8. The molecule has 110 valence electrons. The molecule has 1 heterocycles. The van der Waals surface area contributed by atoms with E-state index in [4.69, 9.17) is 5.73 Å². The van der Waals surface area contributed by atoms with Gasteiger partial charge in [0.15, 0.2) is 0 Å². The van der Waals surface area contributed by atoms with Gasteiger partial charge in [-0.25, -0.2) is 4.98 Å². The average Bonchev–Trinajstić information content (AvgIpc) is 2.37. The van der Waals surface area contributed by atoms with Crippen LogP contribution in [0.25, 0.3) is 0 Å². The number of nitrogens with one attached hydrogen (secondary N) is 2. The number of pyridine rings is 1. The quantitative estimate of drug-likeness (QED) is 0.695. The Morgan fingerprint density at radius 2 is 2.05 bits per heavy atom. The summed E-state index contributed by atoms with van der Waals surface area (Å²) in [6.45, 7) is 6.43. The Balaban J connectivity index is 2.85. The lowest BCUT2D eigenvalue weighted by Crippen LogP contribution is -2.35. The average molecular weight is 278 g/mol. The van der Waals surface area contributed by atoms with E-state index in [0.717, 1.165) is 18.7 Å². The van der Waals surface area contributed by atoms with Crippen LogP contribution in [0.4, 0.5) is 5.82 Å². The summed E-state index contributed by atoms with van der Waals surface area (Å²) in [5.74, 6) is 0.0182. The number of anilines is 1. The van der Waals surface area contributed by atoms with Gasteiger partial charge in [0, 0.05) is 30.3 Å². The molecule has 1 rings (SSSR count).